The Bertz CT molecular complexity index is 1110. The Balaban J connectivity index is 1.72. The van der Waals surface area contributed by atoms with Crippen LogP contribution in [0.3, 0.4) is 0 Å². The van der Waals surface area contributed by atoms with E-state index in [9.17, 15) is 19.5 Å². The van der Waals surface area contributed by atoms with Gasteiger partial charge in [0.15, 0.2) is 0 Å². The molecule has 1 fully saturated rings. The number of carbonyl (C=O) groups excluding carboxylic acids is 3. The van der Waals surface area contributed by atoms with Crippen molar-refractivity contribution in [3.8, 4) is 0 Å². The zero-order valence-corrected chi connectivity index (χ0v) is 19.9. The van der Waals surface area contributed by atoms with E-state index in [0.717, 1.165) is 17.2 Å². The molecule has 0 radical (unpaired) electrons. The predicted molar refractivity (Wildman–Crippen MR) is 132 cm³/mol. The van der Waals surface area contributed by atoms with Gasteiger partial charge >= 0.3 is 0 Å². The van der Waals surface area contributed by atoms with Crippen LogP contribution in [-0.4, -0.2) is 53.5 Å². The van der Waals surface area contributed by atoms with Crippen molar-refractivity contribution in [3.05, 3.63) is 54.6 Å². The molecule has 0 unspecified atom stereocenters. The first-order valence-electron chi connectivity index (χ1n) is 12.1. The lowest BCUT2D eigenvalue weighted by molar-refractivity contribution is -0.142. The third kappa shape index (κ3) is 4.09. The summed E-state index contributed by atoms with van der Waals surface area (Å²) in [4.78, 5) is 41.8. The van der Waals surface area contributed by atoms with Gasteiger partial charge in [0.05, 0.1) is 24.5 Å². The Morgan fingerprint density at radius 2 is 1.79 bits per heavy atom. The van der Waals surface area contributed by atoms with Crippen molar-refractivity contribution in [1.82, 2.24) is 10.2 Å². The maximum Gasteiger partial charge on any atom is 0.247 e. The fraction of sp³-hybridized carbons (Fsp3) is 0.444. The number of benzene rings is 2. The van der Waals surface area contributed by atoms with Crippen LogP contribution < -0.4 is 10.6 Å². The molecule has 3 N–H and O–H groups in total. The Hall–Kier alpha value is -3.19. The van der Waals surface area contributed by atoms with Crippen molar-refractivity contribution in [2.75, 3.05) is 19.0 Å². The van der Waals surface area contributed by atoms with E-state index in [-0.39, 0.29) is 30.2 Å². The first-order chi connectivity index (χ1) is 16.4. The average Bonchev–Trinajstić information content (AvgIpc) is 3.16. The molecule has 2 aromatic rings. The molecule has 1 aliphatic carbocycles. The average molecular weight is 464 g/mol. The normalized spacial score (nSPS) is 26.9. The lowest BCUT2D eigenvalue weighted by Gasteiger charge is -2.34. The second kappa shape index (κ2) is 9.97. The van der Waals surface area contributed by atoms with Crippen molar-refractivity contribution in [2.45, 2.75) is 38.8 Å². The maximum absolute atomic E-state index is 13.8. The Morgan fingerprint density at radius 1 is 1.06 bits per heavy atom. The SMILES string of the molecule is CC[C@@H](CO)N1C(=O)[C@@H]2[C@H](C=C[C@@H](CC)[C@H]2C(=O)NC)[C@H]1C(=O)Nc1ccc2ccccc2c1. The van der Waals surface area contributed by atoms with Crippen LogP contribution in [-0.2, 0) is 14.4 Å². The molecule has 0 saturated carbocycles. The van der Waals surface area contributed by atoms with Gasteiger partial charge in [-0.2, -0.15) is 0 Å². The summed E-state index contributed by atoms with van der Waals surface area (Å²) in [5.74, 6) is -2.44. The summed E-state index contributed by atoms with van der Waals surface area (Å²) in [6.45, 7) is 3.64. The molecule has 0 bridgehead atoms. The molecule has 1 heterocycles. The molecule has 180 valence electrons. The highest BCUT2D eigenvalue weighted by atomic mass is 16.3. The lowest BCUT2D eigenvalue weighted by atomic mass is 9.69. The van der Waals surface area contributed by atoms with E-state index >= 15 is 0 Å². The number of nitrogens with zero attached hydrogens (tertiary/aromatic N) is 1. The number of aliphatic hydroxyl groups excluding tert-OH is 1. The summed E-state index contributed by atoms with van der Waals surface area (Å²) in [6, 6.07) is 12.3. The van der Waals surface area contributed by atoms with Crippen LogP contribution in [0.15, 0.2) is 54.6 Å². The van der Waals surface area contributed by atoms with Crippen molar-refractivity contribution < 1.29 is 19.5 Å². The monoisotopic (exact) mass is 463 g/mol. The Kier molecular flexibility index (Phi) is 7.03. The van der Waals surface area contributed by atoms with Gasteiger partial charge in [-0.05, 0) is 41.7 Å². The van der Waals surface area contributed by atoms with Gasteiger partial charge in [-0.3, -0.25) is 14.4 Å². The van der Waals surface area contributed by atoms with Crippen LogP contribution in [0.25, 0.3) is 10.8 Å². The molecule has 1 aliphatic heterocycles. The molecule has 7 heteroatoms. The van der Waals surface area contributed by atoms with Crippen LogP contribution in [0.4, 0.5) is 5.69 Å². The highest BCUT2D eigenvalue weighted by molar-refractivity contribution is 6.03. The first-order valence-corrected chi connectivity index (χ1v) is 12.1. The van der Waals surface area contributed by atoms with Gasteiger partial charge in [0.25, 0.3) is 0 Å². The third-order valence-corrected chi connectivity index (χ3v) is 7.43. The lowest BCUT2D eigenvalue weighted by Crippen LogP contribution is -2.50. The van der Waals surface area contributed by atoms with Crippen LogP contribution in [0, 0.1) is 23.7 Å². The van der Waals surface area contributed by atoms with E-state index < -0.39 is 29.8 Å². The maximum atomic E-state index is 13.8. The van der Waals surface area contributed by atoms with Crippen molar-refractivity contribution in [1.29, 1.82) is 0 Å². The molecule has 0 spiro atoms. The molecular formula is C27H33N3O4. The smallest absolute Gasteiger partial charge is 0.247 e. The van der Waals surface area contributed by atoms with E-state index in [1.807, 2.05) is 68.5 Å². The van der Waals surface area contributed by atoms with Gasteiger partial charge in [-0.15, -0.1) is 0 Å². The van der Waals surface area contributed by atoms with Gasteiger partial charge in [-0.1, -0.05) is 56.3 Å². The van der Waals surface area contributed by atoms with E-state index in [4.69, 9.17) is 0 Å². The molecule has 1 saturated heterocycles. The number of carbonyl (C=O) groups is 3. The van der Waals surface area contributed by atoms with Gasteiger partial charge in [0.1, 0.15) is 6.04 Å². The molecule has 7 nitrogen and oxygen atoms in total. The number of likely N-dealkylation sites (tertiary alicyclic amines) is 1. The molecule has 6 atom stereocenters. The number of amides is 3. The van der Waals surface area contributed by atoms with Gasteiger partial charge < -0.3 is 20.6 Å². The number of fused-ring (bicyclic) bond motifs is 2. The second-order valence-electron chi connectivity index (χ2n) is 9.19. The summed E-state index contributed by atoms with van der Waals surface area (Å²) < 4.78 is 0. The molecule has 34 heavy (non-hydrogen) atoms. The summed E-state index contributed by atoms with van der Waals surface area (Å²) in [5, 5.41) is 17.8. The van der Waals surface area contributed by atoms with Crippen molar-refractivity contribution >= 4 is 34.2 Å². The summed E-state index contributed by atoms with van der Waals surface area (Å²) in [5.41, 5.74) is 0.644. The van der Waals surface area contributed by atoms with Crippen LogP contribution >= 0.6 is 0 Å². The first kappa shape index (κ1) is 24.0. The largest absolute Gasteiger partial charge is 0.394 e. The van der Waals surface area contributed by atoms with E-state index in [0.29, 0.717) is 12.1 Å². The minimum Gasteiger partial charge on any atom is -0.394 e. The number of anilines is 1. The van der Waals surface area contributed by atoms with Gasteiger partial charge in [0, 0.05) is 18.7 Å². The van der Waals surface area contributed by atoms with E-state index in [2.05, 4.69) is 10.6 Å². The van der Waals surface area contributed by atoms with Crippen molar-refractivity contribution in [3.63, 3.8) is 0 Å². The van der Waals surface area contributed by atoms with Crippen LogP contribution in [0.5, 0.6) is 0 Å². The molecule has 2 aliphatic rings. The minimum atomic E-state index is -0.803. The number of nitrogens with one attached hydrogen (secondary N) is 2. The quantitative estimate of drug-likeness (QED) is 0.550. The Morgan fingerprint density at radius 3 is 2.44 bits per heavy atom. The molecule has 0 aromatic heterocycles. The van der Waals surface area contributed by atoms with E-state index in [1.54, 1.807) is 7.05 Å². The highest BCUT2D eigenvalue weighted by Crippen LogP contribution is 2.46. The standard InChI is InChI=1S/C27H33N3O4/c1-4-16-11-13-21-23(22(16)25(32)28-3)27(34)30(20(5-2)15-31)24(21)26(33)29-19-12-10-17-8-6-7-9-18(17)14-19/h6-14,16,20-24,31H,4-5,15H2,1-3H3,(H,28,32)(H,29,33)/t16-,20+,21+,22-,23-,24+/m1/s1. The van der Waals surface area contributed by atoms with Gasteiger partial charge in [-0.25, -0.2) is 0 Å². The summed E-state index contributed by atoms with van der Waals surface area (Å²) in [6.07, 6.45) is 5.14. The number of allylic oxidation sites excluding steroid dienone is 1. The zero-order chi connectivity index (χ0) is 24.4. The molecule has 2 aromatic carbocycles. The molecule has 4 rings (SSSR count). The summed E-state index contributed by atoms with van der Waals surface area (Å²) >= 11 is 0. The predicted octanol–water partition coefficient (Wildman–Crippen LogP) is 2.95. The number of hydrogen-bond donors (Lipinski definition) is 3. The second-order valence-corrected chi connectivity index (χ2v) is 9.19. The van der Waals surface area contributed by atoms with Crippen LogP contribution in [0.2, 0.25) is 0 Å². The highest BCUT2D eigenvalue weighted by Gasteiger charge is 2.58. The Labute approximate surface area is 200 Å². The fourth-order valence-corrected chi connectivity index (χ4v) is 5.65. The fourth-order valence-electron chi connectivity index (χ4n) is 5.65. The van der Waals surface area contributed by atoms with Gasteiger partial charge in [0.2, 0.25) is 17.7 Å². The third-order valence-electron chi connectivity index (χ3n) is 7.43. The van der Waals surface area contributed by atoms with Crippen molar-refractivity contribution in [2.24, 2.45) is 23.7 Å². The zero-order valence-electron chi connectivity index (χ0n) is 19.9. The van der Waals surface area contributed by atoms with E-state index in [1.165, 1.54) is 4.90 Å². The number of aliphatic hydroxyl groups is 1. The number of rotatable bonds is 7. The van der Waals surface area contributed by atoms with Crippen LogP contribution in [0.1, 0.15) is 26.7 Å². The minimum absolute atomic E-state index is 0.0801. The number of hydrogen-bond acceptors (Lipinski definition) is 4. The molecular weight excluding hydrogens is 430 g/mol. The molecule has 3 amide bonds. The summed E-state index contributed by atoms with van der Waals surface area (Å²) in [7, 11) is 1.58. The topological polar surface area (TPSA) is 98.7 Å².